The van der Waals surface area contributed by atoms with E-state index in [1.807, 2.05) is 5.92 Å². The van der Waals surface area contributed by atoms with E-state index in [0.29, 0.717) is 0 Å². The number of primary amides is 1. The molecule has 5 N–H and O–H groups in total. The van der Waals surface area contributed by atoms with E-state index in [1.54, 1.807) is 0 Å². The molecule has 0 aliphatic rings. The van der Waals surface area contributed by atoms with Crippen LogP contribution in [0.25, 0.3) is 0 Å². The van der Waals surface area contributed by atoms with Gasteiger partial charge in [0.25, 0.3) is 5.91 Å². The van der Waals surface area contributed by atoms with E-state index in [-0.39, 0.29) is 6.42 Å². The summed E-state index contributed by atoms with van der Waals surface area (Å²) in [6, 6.07) is -1.05. The molecule has 0 aromatic carbocycles. The van der Waals surface area contributed by atoms with Gasteiger partial charge in [-0.1, -0.05) is 5.92 Å². The van der Waals surface area contributed by atoms with Gasteiger partial charge in [0.05, 0.1) is 0 Å². The summed E-state index contributed by atoms with van der Waals surface area (Å²) in [4.78, 5) is 20.1. The minimum absolute atomic E-state index is 0.0712. The number of hydrogen-bond donors (Lipinski definition) is 3. The highest BCUT2D eigenvalue weighted by Crippen LogP contribution is 1.84. The van der Waals surface area contributed by atoms with Gasteiger partial charge >= 0.3 is 5.97 Å². The molecular formula is C6H8N2O3. The Kier molecular flexibility index (Phi) is 3.70. The predicted molar refractivity (Wildman–Crippen MR) is 37.2 cm³/mol. The van der Waals surface area contributed by atoms with Crippen LogP contribution in [-0.2, 0) is 9.59 Å². The van der Waals surface area contributed by atoms with Gasteiger partial charge in [-0.25, -0.2) is 0 Å². The Labute approximate surface area is 63.4 Å². The van der Waals surface area contributed by atoms with Crippen LogP contribution in [0.5, 0.6) is 0 Å². The third-order valence-corrected chi connectivity index (χ3v) is 0.851. The Hall–Kier alpha value is -1.54. The van der Waals surface area contributed by atoms with E-state index in [2.05, 4.69) is 11.7 Å². The van der Waals surface area contributed by atoms with Gasteiger partial charge in [-0.3, -0.25) is 9.59 Å². The first-order valence-corrected chi connectivity index (χ1v) is 2.80. The number of amides is 1. The van der Waals surface area contributed by atoms with E-state index in [0.717, 1.165) is 0 Å². The summed E-state index contributed by atoms with van der Waals surface area (Å²) in [7, 11) is 0. The minimum atomic E-state index is -1.15. The molecule has 0 radical (unpaired) electrons. The Bertz CT molecular complexity index is 226. The molecule has 5 heteroatoms. The zero-order valence-corrected chi connectivity index (χ0v) is 5.70. The normalized spacial score (nSPS) is 11.0. The monoisotopic (exact) mass is 156 g/mol. The lowest BCUT2D eigenvalue weighted by atomic mass is 10.2. The summed E-state index contributed by atoms with van der Waals surface area (Å²) in [5.41, 5.74) is 9.70. The van der Waals surface area contributed by atoms with Crippen LogP contribution in [0, 0.1) is 11.8 Å². The summed E-state index contributed by atoms with van der Waals surface area (Å²) in [5.74, 6) is 2.27. The van der Waals surface area contributed by atoms with Crippen molar-refractivity contribution >= 4 is 11.9 Å². The zero-order valence-electron chi connectivity index (χ0n) is 5.70. The SMILES string of the molecule is NC(=O)C#CC[C@H](N)C(=O)O. The van der Waals surface area contributed by atoms with E-state index in [4.69, 9.17) is 10.8 Å². The Morgan fingerprint density at radius 2 is 2.09 bits per heavy atom. The second kappa shape index (κ2) is 4.30. The largest absolute Gasteiger partial charge is 0.480 e. The van der Waals surface area contributed by atoms with Crippen molar-refractivity contribution in [3.63, 3.8) is 0 Å². The molecule has 5 nitrogen and oxygen atoms in total. The maximum absolute atomic E-state index is 10.1. The van der Waals surface area contributed by atoms with Crippen molar-refractivity contribution in [3.05, 3.63) is 0 Å². The number of carboxylic acids is 1. The minimum Gasteiger partial charge on any atom is -0.480 e. The van der Waals surface area contributed by atoms with Crippen LogP contribution in [0.3, 0.4) is 0 Å². The van der Waals surface area contributed by atoms with E-state index in [1.165, 1.54) is 0 Å². The topological polar surface area (TPSA) is 106 Å². The molecule has 60 valence electrons. The van der Waals surface area contributed by atoms with Gasteiger partial charge in [0.15, 0.2) is 0 Å². The molecule has 0 rings (SSSR count). The lowest BCUT2D eigenvalue weighted by Gasteiger charge is -1.97. The van der Waals surface area contributed by atoms with E-state index < -0.39 is 17.9 Å². The highest BCUT2D eigenvalue weighted by molar-refractivity contribution is 5.92. The predicted octanol–water partition coefficient (Wildman–Crippen LogP) is -1.72. The van der Waals surface area contributed by atoms with E-state index >= 15 is 0 Å². The summed E-state index contributed by atoms with van der Waals surface area (Å²) in [6.45, 7) is 0. The Balaban J connectivity index is 3.82. The third-order valence-electron chi connectivity index (χ3n) is 0.851. The van der Waals surface area contributed by atoms with Crippen LogP contribution in [0.4, 0.5) is 0 Å². The van der Waals surface area contributed by atoms with Crippen molar-refractivity contribution in [2.45, 2.75) is 12.5 Å². The smallest absolute Gasteiger partial charge is 0.321 e. The first-order valence-electron chi connectivity index (χ1n) is 2.80. The molecule has 0 saturated carbocycles. The van der Waals surface area contributed by atoms with Crippen LogP contribution >= 0.6 is 0 Å². The number of hydrogen-bond acceptors (Lipinski definition) is 3. The lowest BCUT2D eigenvalue weighted by Crippen LogP contribution is -2.29. The standard InChI is InChI=1S/C6H8N2O3/c7-4(6(10)11)2-1-3-5(8)9/h4H,2,7H2,(H2,8,9)(H,10,11)/t4-/m0/s1. The van der Waals surface area contributed by atoms with Gasteiger partial charge in [-0.05, 0) is 5.92 Å². The molecule has 0 saturated heterocycles. The van der Waals surface area contributed by atoms with Crippen LogP contribution in [-0.4, -0.2) is 23.0 Å². The van der Waals surface area contributed by atoms with Gasteiger partial charge in [0, 0.05) is 6.42 Å². The summed E-state index contributed by atoms with van der Waals surface area (Å²) in [5, 5.41) is 8.24. The van der Waals surface area contributed by atoms with Crippen molar-refractivity contribution in [2.24, 2.45) is 11.5 Å². The lowest BCUT2D eigenvalue weighted by molar-refractivity contribution is -0.138. The summed E-state index contributed by atoms with van der Waals surface area (Å²) in [6.07, 6.45) is -0.0712. The van der Waals surface area contributed by atoms with Crippen LogP contribution in [0.1, 0.15) is 6.42 Å². The maximum Gasteiger partial charge on any atom is 0.321 e. The second-order valence-electron chi connectivity index (χ2n) is 1.81. The van der Waals surface area contributed by atoms with Crippen molar-refractivity contribution in [1.29, 1.82) is 0 Å². The third kappa shape index (κ3) is 4.93. The molecule has 0 aromatic rings. The quantitative estimate of drug-likeness (QED) is 0.413. The van der Waals surface area contributed by atoms with E-state index in [9.17, 15) is 9.59 Å². The first kappa shape index (κ1) is 9.46. The molecule has 1 amide bonds. The molecule has 0 heterocycles. The average molecular weight is 156 g/mol. The fourth-order valence-electron chi connectivity index (χ4n) is 0.335. The number of carboxylic acid groups (broad SMARTS) is 1. The molecule has 0 unspecified atom stereocenters. The van der Waals surface area contributed by atoms with Crippen molar-refractivity contribution in [3.8, 4) is 11.8 Å². The van der Waals surface area contributed by atoms with Gasteiger partial charge in [0.1, 0.15) is 6.04 Å². The molecule has 1 atom stereocenters. The Morgan fingerprint density at radius 3 is 2.45 bits per heavy atom. The van der Waals surface area contributed by atoms with Gasteiger partial charge in [-0.15, -0.1) is 0 Å². The molecule has 0 aromatic heterocycles. The fraction of sp³-hybridized carbons (Fsp3) is 0.333. The number of nitrogens with two attached hydrogens (primary N) is 2. The molecule has 0 bridgehead atoms. The fourth-order valence-corrected chi connectivity index (χ4v) is 0.335. The second-order valence-corrected chi connectivity index (χ2v) is 1.81. The average Bonchev–Trinajstić information content (AvgIpc) is 1.86. The molecule has 0 fully saturated rings. The van der Waals surface area contributed by atoms with Crippen molar-refractivity contribution in [2.75, 3.05) is 0 Å². The highest BCUT2D eigenvalue weighted by atomic mass is 16.4. The van der Waals surface area contributed by atoms with Crippen molar-refractivity contribution < 1.29 is 14.7 Å². The summed E-state index contributed by atoms with van der Waals surface area (Å²) < 4.78 is 0. The number of aliphatic carboxylic acids is 1. The Morgan fingerprint density at radius 1 is 1.55 bits per heavy atom. The molecule has 0 aliphatic carbocycles. The molecule has 0 aliphatic heterocycles. The molecule has 0 spiro atoms. The zero-order chi connectivity index (χ0) is 8.85. The van der Waals surface area contributed by atoms with Crippen LogP contribution in [0.15, 0.2) is 0 Å². The van der Waals surface area contributed by atoms with Gasteiger partial charge in [0.2, 0.25) is 0 Å². The number of rotatable bonds is 2. The van der Waals surface area contributed by atoms with Crippen LogP contribution in [0.2, 0.25) is 0 Å². The number of carbonyl (C=O) groups excluding carboxylic acids is 1. The maximum atomic E-state index is 10.1. The van der Waals surface area contributed by atoms with Gasteiger partial charge < -0.3 is 16.6 Å². The van der Waals surface area contributed by atoms with Gasteiger partial charge in [-0.2, -0.15) is 0 Å². The van der Waals surface area contributed by atoms with Crippen LogP contribution < -0.4 is 11.5 Å². The first-order chi connectivity index (χ1) is 5.04. The number of carbonyl (C=O) groups is 2. The highest BCUT2D eigenvalue weighted by Gasteiger charge is 2.08. The molecular weight excluding hydrogens is 148 g/mol. The van der Waals surface area contributed by atoms with Crippen molar-refractivity contribution in [1.82, 2.24) is 0 Å². The molecule has 11 heavy (non-hydrogen) atoms. The summed E-state index contributed by atoms with van der Waals surface area (Å²) >= 11 is 0.